The van der Waals surface area contributed by atoms with E-state index in [0.29, 0.717) is 12.3 Å². The van der Waals surface area contributed by atoms with Crippen molar-refractivity contribution in [2.45, 2.75) is 26.8 Å². The van der Waals surface area contributed by atoms with E-state index in [1.54, 1.807) is 25.3 Å². The maximum atomic E-state index is 11.5. The standard InChI is InChI=1S/C12H19N3O2/c1-4-17-12(16)8-15(9(2)3)11-6-5-10(13)7-14-11/h5-7,9H,4,8,13H2,1-3H3. The number of hydrogen-bond donors (Lipinski definition) is 1. The molecule has 0 saturated heterocycles. The number of ether oxygens (including phenoxy) is 1. The van der Waals surface area contributed by atoms with Gasteiger partial charge in [0, 0.05) is 6.04 Å². The first kappa shape index (κ1) is 13.3. The molecule has 5 nitrogen and oxygen atoms in total. The first-order chi connectivity index (χ1) is 8.04. The summed E-state index contributed by atoms with van der Waals surface area (Å²) >= 11 is 0. The van der Waals surface area contributed by atoms with E-state index in [9.17, 15) is 4.79 Å². The molecule has 0 aliphatic rings. The number of aromatic nitrogens is 1. The molecule has 17 heavy (non-hydrogen) atoms. The van der Waals surface area contributed by atoms with Crippen molar-refractivity contribution in [3.63, 3.8) is 0 Å². The molecule has 0 aliphatic carbocycles. The van der Waals surface area contributed by atoms with Gasteiger partial charge in [-0.15, -0.1) is 0 Å². The summed E-state index contributed by atoms with van der Waals surface area (Å²) in [5.41, 5.74) is 6.18. The van der Waals surface area contributed by atoms with Gasteiger partial charge in [-0.25, -0.2) is 4.98 Å². The van der Waals surface area contributed by atoms with Gasteiger partial charge in [0.1, 0.15) is 12.4 Å². The minimum Gasteiger partial charge on any atom is -0.465 e. The first-order valence-corrected chi connectivity index (χ1v) is 5.68. The summed E-state index contributed by atoms with van der Waals surface area (Å²) in [6.45, 7) is 6.37. The molecule has 0 atom stereocenters. The molecular formula is C12H19N3O2. The SMILES string of the molecule is CCOC(=O)CN(c1ccc(N)cn1)C(C)C. The van der Waals surface area contributed by atoms with Gasteiger partial charge in [0.05, 0.1) is 18.5 Å². The van der Waals surface area contributed by atoms with Crippen molar-refractivity contribution in [3.05, 3.63) is 18.3 Å². The van der Waals surface area contributed by atoms with Crippen LogP contribution in [0.15, 0.2) is 18.3 Å². The van der Waals surface area contributed by atoms with Crippen LogP contribution in [-0.4, -0.2) is 30.1 Å². The number of esters is 1. The molecule has 1 aromatic heterocycles. The summed E-state index contributed by atoms with van der Waals surface area (Å²) in [7, 11) is 0. The highest BCUT2D eigenvalue weighted by molar-refractivity contribution is 5.75. The molecule has 0 bridgehead atoms. The predicted octanol–water partition coefficient (Wildman–Crippen LogP) is 1.44. The van der Waals surface area contributed by atoms with Crippen molar-refractivity contribution < 1.29 is 9.53 Å². The Hall–Kier alpha value is -1.78. The second-order valence-electron chi connectivity index (χ2n) is 3.98. The second kappa shape index (κ2) is 6.08. The topological polar surface area (TPSA) is 68.5 Å². The summed E-state index contributed by atoms with van der Waals surface area (Å²) in [4.78, 5) is 17.6. The van der Waals surface area contributed by atoms with Crippen LogP contribution in [0.25, 0.3) is 0 Å². The Morgan fingerprint density at radius 1 is 1.53 bits per heavy atom. The van der Waals surface area contributed by atoms with Gasteiger partial charge in [-0.3, -0.25) is 4.79 Å². The van der Waals surface area contributed by atoms with Crippen LogP contribution in [0, 0.1) is 0 Å². The molecule has 1 rings (SSSR count). The molecule has 0 radical (unpaired) electrons. The van der Waals surface area contributed by atoms with E-state index in [0.717, 1.165) is 5.82 Å². The van der Waals surface area contributed by atoms with E-state index >= 15 is 0 Å². The number of nitrogens with zero attached hydrogens (tertiary/aromatic N) is 2. The number of rotatable bonds is 5. The Morgan fingerprint density at radius 2 is 2.24 bits per heavy atom. The fraction of sp³-hybridized carbons (Fsp3) is 0.500. The molecule has 0 aliphatic heterocycles. The molecule has 0 unspecified atom stereocenters. The van der Waals surface area contributed by atoms with E-state index in [4.69, 9.17) is 10.5 Å². The Bertz CT molecular complexity index is 363. The lowest BCUT2D eigenvalue weighted by Gasteiger charge is -2.26. The summed E-state index contributed by atoms with van der Waals surface area (Å²) < 4.78 is 4.93. The molecule has 0 fully saturated rings. The zero-order valence-corrected chi connectivity index (χ0v) is 10.5. The van der Waals surface area contributed by atoms with Crippen LogP contribution in [0.2, 0.25) is 0 Å². The number of carbonyl (C=O) groups excluding carboxylic acids is 1. The fourth-order valence-electron chi connectivity index (χ4n) is 1.44. The average molecular weight is 237 g/mol. The lowest BCUT2D eigenvalue weighted by Crippen LogP contribution is -2.37. The largest absolute Gasteiger partial charge is 0.465 e. The number of carbonyl (C=O) groups is 1. The molecule has 0 saturated carbocycles. The van der Waals surface area contributed by atoms with Crippen LogP contribution >= 0.6 is 0 Å². The molecule has 0 spiro atoms. The Labute approximate surface area is 102 Å². The number of pyridine rings is 1. The van der Waals surface area contributed by atoms with Crippen LogP contribution in [0.1, 0.15) is 20.8 Å². The van der Waals surface area contributed by atoms with Crippen molar-refractivity contribution in [2.75, 3.05) is 23.8 Å². The lowest BCUT2D eigenvalue weighted by molar-refractivity contribution is -0.141. The minimum atomic E-state index is -0.250. The molecule has 1 aromatic rings. The van der Waals surface area contributed by atoms with E-state index in [-0.39, 0.29) is 18.6 Å². The van der Waals surface area contributed by atoms with Gasteiger partial charge in [0.15, 0.2) is 0 Å². The van der Waals surface area contributed by atoms with Crippen molar-refractivity contribution in [2.24, 2.45) is 0 Å². The van der Waals surface area contributed by atoms with Crippen molar-refractivity contribution in [1.29, 1.82) is 0 Å². The highest BCUT2D eigenvalue weighted by atomic mass is 16.5. The highest BCUT2D eigenvalue weighted by Crippen LogP contribution is 2.15. The third-order valence-corrected chi connectivity index (χ3v) is 2.29. The van der Waals surface area contributed by atoms with Crippen molar-refractivity contribution >= 4 is 17.5 Å². The monoisotopic (exact) mass is 237 g/mol. The maximum absolute atomic E-state index is 11.5. The zero-order valence-electron chi connectivity index (χ0n) is 10.5. The summed E-state index contributed by atoms with van der Waals surface area (Å²) in [6, 6.07) is 3.73. The van der Waals surface area contributed by atoms with E-state index in [1.807, 2.05) is 18.7 Å². The molecular weight excluding hydrogens is 218 g/mol. The molecule has 1 heterocycles. The fourth-order valence-corrected chi connectivity index (χ4v) is 1.44. The maximum Gasteiger partial charge on any atom is 0.325 e. The summed E-state index contributed by atoms with van der Waals surface area (Å²) in [6.07, 6.45) is 1.58. The van der Waals surface area contributed by atoms with Gasteiger partial charge >= 0.3 is 5.97 Å². The number of anilines is 2. The summed E-state index contributed by atoms with van der Waals surface area (Å²) in [5.74, 6) is 0.474. The zero-order chi connectivity index (χ0) is 12.8. The normalized spacial score (nSPS) is 10.4. The third kappa shape index (κ3) is 3.94. The van der Waals surface area contributed by atoms with Crippen molar-refractivity contribution in [1.82, 2.24) is 4.98 Å². The van der Waals surface area contributed by atoms with Gasteiger partial charge in [-0.1, -0.05) is 0 Å². The molecule has 0 amide bonds. The van der Waals surface area contributed by atoms with Crippen molar-refractivity contribution in [3.8, 4) is 0 Å². The Morgan fingerprint density at radius 3 is 2.71 bits per heavy atom. The molecule has 94 valence electrons. The average Bonchev–Trinajstić information content (AvgIpc) is 2.27. The second-order valence-corrected chi connectivity index (χ2v) is 3.98. The van der Waals surface area contributed by atoms with Gasteiger partial charge in [-0.2, -0.15) is 0 Å². The number of hydrogen-bond acceptors (Lipinski definition) is 5. The van der Waals surface area contributed by atoms with Crippen LogP contribution < -0.4 is 10.6 Å². The number of nitrogen functional groups attached to an aromatic ring is 1. The van der Waals surface area contributed by atoms with Gasteiger partial charge in [0.2, 0.25) is 0 Å². The van der Waals surface area contributed by atoms with Crippen LogP contribution in [0.5, 0.6) is 0 Å². The molecule has 0 aromatic carbocycles. The predicted molar refractivity (Wildman–Crippen MR) is 67.8 cm³/mol. The quantitative estimate of drug-likeness (QED) is 0.785. The minimum absolute atomic E-state index is 0.163. The molecule has 2 N–H and O–H groups in total. The van der Waals surface area contributed by atoms with Crippen LogP contribution in [0.3, 0.4) is 0 Å². The number of nitrogens with two attached hydrogens (primary N) is 1. The Kier molecular flexibility index (Phi) is 4.75. The third-order valence-electron chi connectivity index (χ3n) is 2.29. The van der Waals surface area contributed by atoms with Gasteiger partial charge in [-0.05, 0) is 32.9 Å². The van der Waals surface area contributed by atoms with Gasteiger partial charge < -0.3 is 15.4 Å². The first-order valence-electron chi connectivity index (χ1n) is 5.68. The lowest BCUT2D eigenvalue weighted by atomic mass is 10.3. The van der Waals surface area contributed by atoms with Crippen LogP contribution in [0.4, 0.5) is 11.5 Å². The van der Waals surface area contributed by atoms with E-state index < -0.39 is 0 Å². The summed E-state index contributed by atoms with van der Waals surface area (Å²) in [5, 5.41) is 0. The molecule has 5 heteroatoms. The van der Waals surface area contributed by atoms with Crippen LogP contribution in [-0.2, 0) is 9.53 Å². The van der Waals surface area contributed by atoms with E-state index in [1.165, 1.54) is 0 Å². The highest BCUT2D eigenvalue weighted by Gasteiger charge is 2.16. The Balaban J connectivity index is 2.79. The smallest absolute Gasteiger partial charge is 0.325 e. The van der Waals surface area contributed by atoms with Gasteiger partial charge in [0.25, 0.3) is 0 Å². The van der Waals surface area contributed by atoms with E-state index in [2.05, 4.69) is 4.98 Å².